The molecule has 0 aliphatic rings. The Morgan fingerprint density at radius 2 is 1.96 bits per heavy atom. The van der Waals surface area contributed by atoms with Crippen molar-refractivity contribution in [2.75, 3.05) is 6.26 Å². The van der Waals surface area contributed by atoms with Gasteiger partial charge in [-0.2, -0.15) is 0 Å². The molecular weight excluding hydrogens is 464 g/mol. The second-order valence-corrected chi connectivity index (χ2v) is 10.7. The summed E-state index contributed by atoms with van der Waals surface area (Å²) in [6, 6.07) is 15.1. The van der Waals surface area contributed by atoms with Crippen LogP contribution in [-0.2, 0) is 16.4 Å². The van der Waals surface area contributed by atoms with E-state index in [1.54, 1.807) is 24.5 Å². The molecule has 0 amide bonds. The molecule has 0 aliphatic heterocycles. The molecule has 4 aromatic rings. The summed E-state index contributed by atoms with van der Waals surface area (Å²) in [5.74, 6) is 0. The number of nitrogens with zero attached hydrogens (tertiary/aromatic N) is 2. The molecule has 0 N–H and O–H groups in total. The lowest BCUT2D eigenvalue weighted by molar-refractivity contribution is 0.595. The summed E-state index contributed by atoms with van der Waals surface area (Å²) in [4.78, 5) is 5.08. The minimum Gasteiger partial charge on any atom is -0.326 e. The van der Waals surface area contributed by atoms with E-state index in [1.807, 2.05) is 46.5 Å². The Balaban J connectivity index is 1.84. The number of fused-ring (bicyclic) bond motifs is 1. The van der Waals surface area contributed by atoms with Crippen molar-refractivity contribution >= 4 is 59.9 Å². The number of thiophene rings is 1. The second-order valence-electron chi connectivity index (χ2n) is 5.91. The second kappa shape index (κ2) is 7.43. The number of aromatic nitrogens is 2. The van der Waals surface area contributed by atoms with Gasteiger partial charge in [0.05, 0.1) is 25.8 Å². The number of benzene rings is 2. The zero-order valence-corrected chi connectivity index (χ0v) is 18.3. The van der Waals surface area contributed by atoms with Gasteiger partial charge in [0, 0.05) is 11.0 Å². The van der Waals surface area contributed by atoms with Gasteiger partial charge in [-0.05, 0) is 51.3 Å². The molecule has 0 saturated heterocycles. The number of halogens is 1. The summed E-state index contributed by atoms with van der Waals surface area (Å²) < 4.78 is 29.8. The van der Waals surface area contributed by atoms with Gasteiger partial charge in [-0.3, -0.25) is 0 Å². The predicted molar refractivity (Wildman–Crippen MR) is 115 cm³/mol. The molecule has 2 heterocycles. The predicted octanol–water partition coefficient (Wildman–Crippen LogP) is 5.46. The van der Waals surface area contributed by atoms with E-state index in [9.17, 15) is 8.42 Å². The zero-order valence-electron chi connectivity index (χ0n) is 14.3. The van der Waals surface area contributed by atoms with Gasteiger partial charge >= 0.3 is 0 Å². The highest BCUT2D eigenvalue weighted by molar-refractivity contribution is 9.10. The lowest BCUT2D eigenvalue weighted by Crippen LogP contribution is -2.03. The number of imidazole rings is 1. The lowest BCUT2D eigenvalue weighted by Gasteiger charge is -2.09. The SMILES string of the molecule is CSc1sccc1S(=O)(=O)c1cc(Br)c2ncn(Cc3ccccc3)c2c1. The number of thioether (sulfide) groups is 1. The van der Waals surface area contributed by atoms with E-state index >= 15 is 0 Å². The van der Waals surface area contributed by atoms with Crippen LogP contribution in [0.4, 0.5) is 0 Å². The molecule has 0 bridgehead atoms. The molecule has 0 aliphatic carbocycles. The van der Waals surface area contributed by atoms with Gasteiger partial charge < -0.3 is 4.57 Å². The molecule has 0 spiro atoms. The molecule has 27 heavy (non-hydrogen) atoms. The van der Waals surface area contributed by atoms with Crippen LogP contribution in [0.15, 0.2) is 78.7 Å². The molecule has 8 heteroatoms. The van der Waals surface area contributed by atoms with E-state index in [0.717, 1.165) is 20.8 Å². The Kier molecular flexibility index (Phi) is 5.15. The first-order chi connectivity index (χ1) is 13.0. The summed E-state index contributed by atoms with van der Waals surface area (Å²) in [7, 11) is -3.60. The molecule has 138 valence electrons. The standard InChI is InChI=1S/C19H15BrN2O2S3/c1-25-19-17(7-8-26-19)27(23,24)14-9-15(20)18-16(10-14)22(12-21-18)11-13-5-3-2-4-6-13/h2-10,12H,11H2,1H3. The monoisotopic (exact) mass is 478 g/mol. The van der Waals surface area contributed by atoms with Crippen molar-refractivity contribution in [3.05, 3.63) is 70.3 Å². The van der Waals surface area contributed by atoms with Gasteiger partial charge in [0.15, 0.2) is 0 Å². The highest BCUT2D eigenvalue weighted by Crippen LogP contribution is 2.36. The Bertz CT molecular complexity index is 1210. The summed E-state index contributed by atoms with van der Waals surface area (Å²) in [5, 5.41) is 1.81. The van der Waals surface area contributed by atoms with E-state index in [2.05, 4.69) is 20.9 Å². The topological polar surface area (TPSA) is 52.0 Å². The van der Waals surface area contributed by atoms with Crippen molar-refractivity contribution in [1.82, 2.24) is 9.55 Å². The third-order valence-corrected chi connectivity index (χ3v) is 8.95. The first-order valence-electron chi connectivity index (χ1n) is 8.05. The maximum absolute atomic E-state index is 13.2. The largest absolute Gasteiger partial charge is 0.326 e. The van der Waals surface area contributed by atoms with Gasteiger partial charge in [0.1, 0.15) is 5.52 Å². The number of sulfone groups is 1. The summed E-state index contributed by atoms with van der Waals surface area (Å²) in [6.45, 7) is 0.627. The fourth-order valence-electron chi connectivity index (χ4n) is 2.92. The molecule has 0 saturated carbocycles. The van der Waals surface area contributed by atoms with Crippen LogP contribution in [0.3, 0.4) is 0 Å². The van der Waals surface area contributed by atoms with Crippen LogP contribution in [-0.4, -0.2) is 24.2 Å². The summed E-state index contributed by atoms with van der Waals surface area (Å²) >= 11 is 6.38. The van der Waals surface area contributed by atoms with Crippen molar-refractivity contribution in [3.8, 4) is 0 Å². The fraction of sp³-hybridized carbons (Fsp3) is 0.105. The number of hydrogen-bond donors (Lipinski definition) is 0. The highest BCUT2D eigenvalue weighted by atomic mass is 79.9. The van der Waals surface area contributed by atoms with E-state index in [1.165, 1.54) is 23.1 Å². The number of hydrogen-bond acceptors (Lipinski definition) is 5. The Morgan fingerprint density at radius 3 is 2.70 bits per heavy atom. The van der Waals surface area contributed by atoms with E-state index < -0.39 is 9.84 Å². The Hall–Kier alpha value is -1.61. The first kappa shape index (κ1) is 18.7. The highest BCUT2D eigenvalue weighted by Gasteiger charge is 2.24. The minimum atomic E-state index is -3.60. The average molecular weight is 479 g/mol. The lowest BCUT2D eigenvalue weighted by atomic mass is 10.2. The van der Waals surface area contributed by atoms with Crippen LogP contribution >= 0.6 is 39.0 Å². The molecule has 0 unspecified atom stereocenters. The molecule has 4 rings (SSSR count). The molecule has 2 aromatic heterocycles. The van der Waals surface area contributed by atoms with Crippen LogP contribution in [0, 0.1) is 0 Å². The van der Waals surface area contributed by atoms with Crippen molar-refractivity contribution in [2.45, 2.75) is 20.5 Å². The maximum atomic E-state index is 13.2. The minimum absolute atomic E-state index is 0.269. The molecular formula is C19H15BrN2O2S3. The van der Waals surface area contributed by atoms with Gasteiger partial charge in [-0.15, -0.1) is 23.1 Å². The molecule has 4 nitrogen and oxygen atoms in total. The zero-order chi connectivity index (χ0) is 19.0. The van der Waals surface area contributed by atoms with Crippen LogP contribution in [0.25, 0.3) is 11.0 Å². The van der Waals surface area contributed by atoms with Crippen LogP contribution in [0.2, 0.25) is 0 Å². The Morgan fingerprint density at radius 1 is 1.19 bits per heavy atom. The van der Waals surface area contributed by atoms with Gasteiger partial charge in [-0.25, -0.2) is 13.4 Å². The molecule has 2 aromatic carbocycles. The van der Waals surface area contributed by atoms with Crippen molar-refractivity contribution in [2.24, 2.45) is 0 Å². The summed E-state index contributed by atoms with van der Waals surface area (Å²) in [6.07, 6.45) is 3.63. The van der Waals surface area contributed by atoms with Crippen molar-refractivity contribution < 1.29 is 8.42 Å². The number of rotatable bonds is 5. The van der Waals surface area contributed by atoms with Gasteiger partial charge in [0.2, 0.25) is 9.84 Å². The van der Waals surface area contributed by atoms with E-state index in [0.29, 0.717) is 15.9 Å². The summed E-state index contributed by atoms with van der Waals surface area (Å²) in [5.41, 5.74) is 2.66. The van der Waals surface area contributed by atoms with Crippen LogP contribution in [0.1, 0.15) is 5.56 Å². The van der Waals surface area contributed by atoms with Crippen molar-refractivity contribution in [1.29, 1.82) is 0 Å². The quantitative estimate of drug-likeness (QED) is 0.357. The third-order valence-electron chi connectivity index (χ3n) is 4.23. The van der Waals surface area contributed by atoms with E-state index in [-0.39, 0.29) is 4.90 Å². The van der Waals surface area contributed by atoms with Crippen LogP contribution in [0.5, 0.6) is 0 Å². The van der Waals surface area contributed by atoms with Crippen LogP contribution < -0.4 is 0 Å². The Labute approximate surface area is 174 Å². The third kappa shape index (κ3) is 3.47. The molecule has 0 radical (unpaired) electrons. The fourth-order valence-corrected chi connectivity index (χ4v) is 7.35. The smallest absolute Gasteiger partial charge is 0.208 e. The molecule has 0 atom stereocenters. The van der Waals surface area contributed by atoms with E-state index in [4.69, 9.17) is 0 Å². The first-order valence-corrected chi connectivity index (χ1v) is 12.4. The van der Waals surface area contributed by atoms with Gasteiger partial charge in [-0.1, -0.05) is 30.3 Å². The van der Waals surface area contributed by atoms with Crippen molar-refractivity contribution in [3.63, 3.8) is 0 Å². The van der Waals surface area contributed by atoms with Gasteiger partial charge in [0.25, 0.3) is 0 Å². The maximum Gasteiger partial charge on any atom is 0.208 e. The normalized spacial score (nSPS) is 11.9. The molecule has 0 fully saturated rings. The average Bonchev–Trinajstić information content (AvgIpc) is 3.30.